The maximum absolute atomic E-state index is 12.7. The Morgan fingerprint density at radius 3 is 1.84 bits per heavy atom. The van der Waals surface area contributed by atoms with Crippen LogP contribution in [0, 0.1) is 0 Å². The van der Waals surface area contributed by atoms with Crippen LogP contribution in [0.5, 0.6) is 0 Å². The highest BCUT2D eigenvalue weighted by Gasteiger charge is 2.27. The number of carbonyl (C=O) groups is 2. The number of allylic oxidation sites excluding steroid dienone is 12. The lowest BCUT2D eigenvalue weighted by atomic mass is 10.1. The molecule has 13 heteroatoms. The first kappa shape index (κ1) is 58.1. The van der Waals surface area contributed by atoms with E-state index in [1.165, 1.54) is 44.6 Å². The molecule has 5 atom stereocenters. The summed E-state index contributed by atoms with van der Waals surface area (Å²) in [7, 11) is 1.22. The van der Waals surface area contributed by atoms with Gasteiger partial charge in [0.1, 0.15) is 19.8 Å². The maximum Gasteiger partial charge on any atom is 0.472 e. The first-order valence-corrected chi connectivity index (χ1v) is 24.1. The van der Waals surface area contributed by atoms with Crippen LogP contribution < -0.4 is 0 Å². The molecule has 1 unspecified atom stereocenters. The highest BCUT2D eigenvalue weighted by Crippen LogP contribution is 2.43. The fourth-order valence-corrected chi connectivity index (χ4v) is 6.27. The summed E-state index contributed by atoms with van der Waals surface area (Å²) in [6, 6.07) is 0. The Hall–Kier alpha value is -2.93. The summed E-state index contributed by atoms with van der Waals surface area (Å²) < 4.78 is 34.0. The zero-order chi connectivity index (χ0) is 45.5. The van der Waals surface area contributed by atoms with Gasteiger partial charge in [0.2, 0.25) is 0 Å². The largest absolute Gasteiger partial charge is 0.472 e. The second kappa shape index (κ2) is 38.7. The fourth-order valence-electron chi connectivity index (χ4n) is 5.53. The van der Waals surface area contributed by atoms with Gasteiger partial charge in [-0.15, -0.1) is 0 Å². The number of hydrogen-bond donors (Lipinski definition) is 4. The van der Waals surface area contributed by atoms with Gasteiger partial charge in [-0.3, -0.25) is 18.6 Å². The molecule has 0 aliphatic rings. The van der Waals surface area contributed by atoms with Crippen molar-refractivity contribution >= 4 is 19.8 Å². The molecule has 0 rings (SSSR count). The molecule has 61 heavy (non-hydrogen) atoms. The lowest BCUT2D eigenvalue weighted by Crippen LogP contribution is -2.37. The minimum absolute atomic E-state index is 0.0441. The van der Waals surface area contributed by atoms with Crippen LogP contribution in [0.15, 0.2) is 85.1 Å². The predicted octanol–water partition coefficient (Wildman–Crippen LogP) is 9.71. The molecule has 0 aromatic rings. The van der Waals surface area contributed by atoms with Crippen LogP contribution in [0.1, 0.15) is 136 Å². The van der Waals surface area contributed by atoms with Crippen LogP contribution in [-0.2, 0) is 32.7 Å². The van der Waals surface area contributed by atoms with E-state index in [0.29, 0.717) is 23.9 Å². The molecule has 4 N–H and O–H groups in total. The van der Waals surface area contributed by atoms with Crippen molar-refractivity contribution in [2.75, 3.05) is 47.5 Å². The van der Waals surface area contributed by atoms with Crippen LogP contribution in [0.25, 0.3) is 0 Å². The quantitative estimate of drug-likeness (QED) is 0.0116. The summed E-state index contributed by atoms with van der Waals surface area (Å²) in [5, 5.41) is 30.6. The van der Waals surface area contributed by atoms with Gasteiger partial charge in [-0.25, -0.2) is 4.57 Å². The van der Waals surface area contributed by atoms with E-state index >= 15 is 0 Å². The molecule has 0 fully saturated rings. The van der Waals surface area contributed by atoms with Crippen molar-refractivity contribution in [3.63, 3.8) is 0 Å². The Labute approximate surface area is 369 Å². The average Bonchev–Trinajstić information content (AvgIpc) is 3.20. The molecule has 0 amide bonds. The molecule has 0 radical (unpaired) electrons. The number of likely N-dealkylation sites (N-methyl/N-ethyl adjacent to an activating group) is 1. The Bertz CT molecular complexity index is 1370. The van der Waals surface area contributed by atoms with Crippen molar-refractivity contribution in [1.82, 2.24) is 0 Å². The molecule has 0 bridgehead atoms. The van der Waals surface area contributed by atoms with Crippen molar-refractivity contribution in [3.8, 4) is 0 Å². The number of quaternary nitrogens is 1. The van der Waals surface area contributed by atoms with E-state index in [9.17, 15) is 34.4 Å². The number of phosphoric ester groups is 1. The van der Waals surface area contributed by atoms with Crippen molar-refractivity contribution < 1.29 is 57.4 Å². The van der Waals surface area contributed by atoms with Crippen LogP contribution in [0.2, 0.25) is 0 Å². The lowest BCUT2D eigenvalue weighted by Gasteiger charge is -2.24. The fraction of sp³-hybridized carbons (Fsp3) is 0.667. The Balaban J connectivity index is 4.78. The van der Waals surface area contributed by atoms with Gasteiger partial charge in [0.25, 0.3) is 0 Å². The van der Waals surface area contributed by atoms with E-state index in [1.807, 2.05) is 27.2 Å². The molecule has 12 nitrogen and oxygen atoms in total. The number of aliphatic hydroxyl groups excluding tert-OH is 3. The molecule has 0 saturated carbocycles. The summed E-state index contributed by atoms with van der Waals surface area (Å²) in [5.74, 6) is -1.20. The van der Waals surface area contributed by atoms with Crippen molar-refractivity contribution in [1.29, 1.82) is 0 Å². The molecule has 0 aromatic carbocycles. The number of carbonyl (C=O) groups excluding carboxylic acids is 2. The van der Waals surface area contributed by atoms with Gasteiger partial charge in [0, 0.05) is 12.8 Å². The number of unbranched alkanes of at least 4 members (excludes halogenated alkanes) is 9. The van der Waals surface area contributed by atoms with E-state index in [1.54, 1.807) is 42.5 Å². The molecule has 0 aromatic heterocycles. The topological polar surface area (TPSA) is 169 Å². The zero-order valence-corrected chi connectivity index (χ0v) is 39.1. The van der Waals surface area contributed by atoms with E-state index in [2.05, 4.69) is 44.2 Å². The maximum atomic E-state index is 12.7. The van der Waals surface area contributed by atoms with Crippen LogP contribution in [-0.4, -0.2) is 109 Å². The Kier molecular flexibility index (Phi) is 36.9. The highest BCUT2D eigenvalue weighted by molar-refractivity contribution is 7.47. The van der Waals surface area contributed by atoms with Crippen LogP contribution in [0.3, 0.4) is 0 Å². The third kappa shape index (κ3) is 40.9. The Morgan fingerprint density at radius 2 is 1.18 bits per heavy atom. The van der Waals surface area contributed by atoms with Gasteiger partial charge in [-0.05, 0) is 57.8 Å². The van der Waals surface area contributed by atoms with Crippen molar-refractivity contribution in [2.24, 2.45) is 0 Å². The van der Waals surface area contributed by atoms with E-state index in [-0.39, 0.29) is 38.9 Å². The van der Waals surface area contributed by atoms with Gasteiger partial charge >= 0.3 is 19.8 Å². The van der Waals surface area contributed by atoms with Gasteiger partial charge in [-0.2, -0.15) is 0 Å². The Morgan fingerprint density at radius 1 is 0.623 bits per heavy atom. The first-order valence-electron chi connectivity index (χ1n) is 22.6. The second-order valence-electron chi connectivity index (χ2n) is 16.3. The third-order valence-electron chi connectivity index (χ3n) is 9.26. The van der Waals surface area contributed by atoms with E-state index < -0.39 is 50.8 Å². The molecule has 350 valence electrons. The summed E-state index contributed by atoms with van der Waals surface area (Å²) in [6.07, 6.45) is 38.7. The number of hydrogen-bond acceptors (Lipinski definition) is 10. The van der Waals surface area contributed by atoms with E-state index in [0.717, 1.165) is 44.9 Å². The second-order valence-corrected chi connectivity index (χ2v) is 17.7. The predicted molar refractivity (Wildman–Crippen MR) is 247 cm³/mol. The number of rotatable bonds is 39. The minimum atomic E-state index is -4.49. The smallest absolute Gasteiger partial charge is 0.462 e. The third-order valence-corrected chi connectivity index (χ3v) is 10.2. The summed E-state index contributed by atoms with van der Waals surface area (Å²) in [5.41, 5.74) is 0. The number of esters is 2. The van der Waals surface area contributed by atoms with Crippen LogP contribution >= 0.6 is 7.82 Å². The molecule has 0 heterocycles. The van der Waals surface area contributed by atoms with Gasteiger partial charge < -0.3 is 34.2 Å². The van der Waals surface area contributed by atoms with E-state index in [4.69, 9.17) is 18.5 Å². The van der Waals surface area contributed by atoms with Crippen molar-refractivity contribution in [2.45, 2.75) is 160 Å². The van der Waals surface area contributed by atoms with Gasteiger partial charge in [0.05, 0.1) is 46.1 Å². The first-order chi connectivity index (χ1) is 29.2. The monoisotopic (exact) mass is 881 g/mol. The van der Waals surface area contributed by atoms with Crippen LogP contribution in [0.4, 0.5) is 0 Å². The molecular formula is C48H83NO11P+. The molecule has 0 saturated heterocycles. The van der Waals surface area contributed by atoms with Gasteiger partial charge in [0.15, 0.2) is 6.10 Å². The molecule has 0 spiro atoms. The summed E-state index contributed by atoms with van der Waals surface area (Å²) in [6.45, 7) is 3.82. The molecule has 0 aliphatic carbocycles. The summed E-state index contributed by atoms with van der Waals surface area (Å²) in [4.78, 5) is 35.4. The SMILES string of the molecule is CCCCCCCC/C=C\C/C=C\C/C=C\CCCC(=O)OC[C@H](COP(=O)(O)OCC[N+](C)(C)C)OC(=O)CCC[C@H](O)[C@@H](O)/C=C/C=C/C=C\C=C\[C@@H](O)CCCCC. The summed E-state index contributed by atoms with van der Waals surface area (Å²) >= 11 is 0. The number of aliphatic hydroxyl groups is 3. The normalized spacial score (nSPS) is 15.9. The van der Waals surface area contributed by atoms with Gasteiger partial charge in [-0.1, -0.05) is 150 Å². The standard InChI is InChI=1S/C48H82NO11P/c1-6-8-10-11-12-13-14-15-16-17-18-19-20-21-22-27-31-37-47(53)57-41-44(42-59-61(55,56)58-40-39-49(3,4)5)60-48(54)38-32-36-46(52)45(51)35-30-26-24-23-25-29-34-43(50)33-28-9-7-2/h15-16,18-19,21-26,29-30,34-35,43-46,50-52H,6-14,17,20,27-28,31-33,36-42H2,1-5H3/p+1/b16-15-,19-18-,22-21-,25-23-,26-24+,34-29+,35-30+/t43-,44+,45-,46-/m0/s1. The number of nitrogens with zero attached hydrogens (tertiary/aromatic N) is 1. The average molecular weight is 881 g/mol. The lowest BCUT2D eigenvalue weighted by molar-refractivity contribution is -0.870. The molecular weight excluding hydrogens is 797 g/mol. The molecule has 0 aliphatic heterocycles. The van der Waals surface area contributed by atoms with Crippen molar-refractivity contribution in [3.05, 3.63) is 85.1 Å². The highest BCUT2D eigenvalue weighted by atomic mass is 31.2. The minimum Gasteiger partial charge on any atom is -0.462 e. The number of ether oxygens (including phenoxy) is 2. The zero-order valence-electron chi connectivity index (χ0n) is 38.2. The number of phosphoric acid groups is 1.